The van der Waals surface area contributed by atoms with Gasteiger partial charge in [-0.15, -0.1) is 0 Å². The highest BCUT2D eigenvalue weighted by Crippen LogP contribution is 2.41. The number of hydrogen-bond acceptors (Lipinski definition) is 4. The Labute approximate surface area is 145 Å². The van der Waals surface area contributed by atoms with Crippen LogP contribution in [0.15, 0.2) is 29.3 Å². The van der Waals surface area contributed by atoms with Crippen LogP contribution in [0.2, 0.25) is 5.02 Å². The van der Waals surface area contributed by atoms with Gasteiger partial charge in [0.1, 0.15) is 0 Å². The maximum absolute atomic E-state index is 12.0. The zero-order chi connectivity index (χ0) is 16.8. The van der Waals surface area contributed by atoms with Gasteiger partial charge in [-0.1, -0.05) is 43.3 Å². The Hall–Kier alpha value is -1.05. The van der Waals surface area contributed by atoms with Gasteiger partial charge in [0.2, 0.25) is 0 Å². The lowest BCUT2D eigenvalue weighted by Gasteiger charge is -2.24. The second kappa shape index (κ2) is 6.11. The molecule has 0 radical (unpaired) electrons. The molecule has 3 rings (SSSR count). The number of fused-ring (bicyclic) bond motifs is 1. The standard InChI is InChI=1S/C15H17ClN2O3S2/c1-9(2)14(19)17-15-18(11-5-3-4-10(16)6-11)12-7-23(20,21)8-13(12)22-15/h3-6,9,12-13H,7-8H2,1-2H3. The summed E-state index contributed by atoms with van der Waals surface area (Å²) in [6.07, 6.45) is 0. The molecule has 2 atom stereocenters. The van der Waals surface area contributed by atoms with Gasteiger partial charge in [0, 0.05) is 21.9 Å². The highest BCUT2D eigenvalue weighted by atomic mass is 35.5. The van der Waals surface area contributed by atoms with Crippen molar-refractivity contribution in [2.24, 2.45) is 10.9 Å². The van der Waals surface area contributed by atoms with Crippen LogP contribution in [0.25, 0.3) is 0 Å². The largest absolute Gasteiger partial charge is 0.316 e. The van der Waals surface area contributed by atoms with Crippen molar-refractivity contribution in [1.29, 1.82) is 0 Å². The van der Waals surface area contributed by atoms with Crippen LogP contribution in [0.5, 0.6) is 0 Å². The van der Waals surface area contributed by atoms with Crippen LogP contribution in [0.1, 0.15) is 13.8 Å². The van der Waals surface area contributed by atoms with Crippen LogP contribution in [0.4, 0.5) is 5.69 Å². The average Bonchev–Trinajstić information content (AvgIpc) is 2.89. The van der Waals surface area contributed by atoms with Crippen LogP contribution >= 0.6 is 23.4 Å². The van der Waals surface area contributed by atoms with Crippen LogP contribution in [0.3, 0.4) is 0 Å². The molecule has 1 amide bonds. The number of rotatable bonds is 2. The number of aliphatic imine (C=N–C) groups is 1. The summed E-state index contributed by atoms with van der Waals surface area (Å²) in [7, 11) is -3.06. The van der Waals surface area contributed by atoms with Crippen molar-refractivity contribution in [3.05, 3.63) is 29.3 Å². The number of thioether (sulfide) groups is 1. The first-order valence-electron chi connectivity index (χ1n) is 7.31. The van der Waals surface area contributed by atoms with Gasteiger partial charge in [-0.3, -0.25) is 4.79 Å². The van der Waals surface area contributed by atoms with Crippen molar-refractivity contribution in [3.63, 3.8) is 0 Å². The van der Waals surface area contributed by atoms with Crippen molar-refractivity contribution < 1.29 is 13.2 Å². The van der Waals surface area contributed by atoms with E-state index in [9.17, 15) is 13.2 Å². The molecule has 0 saturated carbocycles. The minimum absolute atomic E-state index is 0.0755. The Morgan fingerprint density at radius 2 is 2.13 bits per heavy atom. The molecule has 2 aliphatic rings. The fourth-order valence-electron chi connectivity index (χ4n) is 2.72. The zero-order valence-electron chi connectivity index (χ0n) is 12.8. The van der Waals surface area contributed by atoms with Crippen molar-refractivity contribution >= 4 is 50.0 Å². The maximum Gasteiger partial charge on any atom is 0.250 e. The van der Waals surface area contributed by atoms with E-state index in [1.54, 1.807) is 32.0 Å². The summed E-state index contributed by atoms with van der Waals surface area (Å²) in [5.74, 6) is -0.212. The minimum atomic E-state index is -3.06. The lowest BCUT2D eigenvalue weighted by molar-refractivity contribution is -0.120. The fraction of sp³-hybridized carbons (Fsp3) is 0.467. The number of carbonyl (C=O) groups excluding carboxylic acids is 1. The van der Waals surface area contributed by atoms with Crippen LogP contribution in [0, 0.1) is 5.92 Å². The lowest BCUT2D eigenvalue weighted by atomic mass is 10.2. The Bertz CT molecular complexity index is 777. The first-order chi connectivity index (χ1) is 10.8. The monoisotopic (exact) mass is 372 g/mol. The van der Waals surface area contributed by atoms with Crippen molar-refractivity contribution in [3.8, 4) is 0 Å². The van der Waals surface area contributed by atoms with Gasteiger partial charge in [0.05, 0.1) is 17.5 Å². The summed E-state index contributed by atoms with van der Waals surface area (Å²) in [6.45, 7) is 3.59. The normalized spacial score (nSPS) is 27.7. The minimum Gasteiger partial charge on any atom is -0.316 e. The number of nitrogens with zero attached hydrogens (tertiary/aromatic N) is 2. The molecular formula is C15H17ClN2O3S2. The van der Waals surface area contributed by atoms with E-state index in [0.29, 0.717) is 10.2 Å². The summed E-state index contributed by atoms with van der Waals surface area (Å²) in [4.78, 5) is 18.1. The van der Waals surface area contributed by atoms with E-state index in [-0.39, 0.29) is 34.6 Å². The third kappa shape index (κ3) is 3.41. The Morgan fingerprint density at radius 1 is 1.39 bits per heavy atom. The predicted molar refractivity (Wildman–Crippen MR) is 95.0 cm³/mol. The van der Waals surface area contributed by atoms with E-state index < -0.39 is 9.84 Å². The number of carbonyl (C=O) groups is 1. The second-order valence-electron chi connectivity index (χ2n) is 6.04. The smallest absolute Gasteiger partial charge is 0.250 e. The predicted octanol–water partition coefficient (Wildman–Crippen LogP) is 2.60. The summed E-state index contributed by atoms with van der Waals surface area (Å²) < 4.78 is 23.9. The first-order valence-corrected chi connectivity index (χ1v) is 10.4. The van der Waals surface area contributed by atoms with Gasteiger partial charge in [0.25, 0.3) is 5.91 Å². The molecule has 0 N–H and O–H groups in total. The Morgan fingerprint density at radius 3 is 2.78 bits per heavy atom. The summed E-state index contributed by atoms with van der Waals surface area (Å²) in [5.41, 5.74) is 0.768. The van der Waals surface area contributed by atoms with Crippen molar-refractivity contribution in [2.45, 2.75) is 25.1 Å². The van der Waals surface area contributed by atoms with Crippen LogP contribution in [-0.4, -0.2) is 42.3 Å². The van der Waals surface area contributed by atoms with Gasteiger partial charge in [0.15, 0.2) is 15.0 Å². The molecular weight excluding hydrogens is 356 g/mol. The molecule has 2 saturated heterocycles. The zero-order valence-corrected chi connectivity index (χ0v) is 15.2. The van der Waals surface area contributed by atoms with E-state index in [1.807, 2.05) is 11.0 Å². The molecule has 2 aliphatic heterocycles. The number of halogens is 1. The van der Waals surface area contributed by atoms with Gasteiger partial charge in [-0.25, -0.2) is 8.42 Å². The maximum atomic E-state index is 12.0. The molecule has 23 heavy (non-hydrogen) atoms. The number of anilines is 1. The van der Waals surface area contributed by atoms with Gasteiger partial charge >= 0.3 is 0 Å². The SMILES string of the molecule is CC(C)C(=O)N=C1SC2CS(=O)(=O)CC2N1c1cccc(Cl)c1. The lowest BCUT2D eigenvalue weighted by Crippen LogP contribution is -2.37. The van der Waals surface area contributed by atoms with Gasteiger partial charge in [-0.05, 0) is 18.2 Å². The van der Waals surface area contributed by atoms with Crippen LogP contribution in [-0.2, 0) is 14.6 Å². The second-order valence-corrected chi connectivity index (χ2v) is 9.83. The van der Waals surface area contributed by atoms with Crippen LogP contribution < -0.4 is 4.90 Å². The quantitative estimate of drug-likeness (QED) is 0.798. The number of amides is 1. The van der Waals surface area contributed by atoms with E-state index in [0.717, 1.165) is 5.69 Å². The topological polar surface area (TPSA) is 66.8 Å². The molecule has 0 aliphatic carbocycles. The number of benzene rings is 1. The number of amidine groups is 1. The molecule has 1 aromatic carbocycles. The van der Waals surface area contributed by atoms with E-state index in [1.165, 1.54) is 11.8 Å². The highest BCUT2D eigenvalue weighted by Gasteiger charge is 2.49. The number of hydrogen-bond donors (Lipinski definition) is 0. The molecule has 2 heterocycles. The van der Waals surface area contributed by atoms with E-state index >= 15 is 0 Å². The molecule has 2 unspecified atom stereocenters. The molecule has 1 aromatic rings. The Balaban J connectivity index is 2.02. The van der Waals surface area contributed by atoms with E-state index in [2.05, 4.69) is 4.99 Å². The van der Waals surface area contributed by atoms with Gasteiger partial charge in [-0.2, -0.15) is 4.99 Å². The number of sulfone groups is 1. The van der Waals surface area contributed by atoms with Crippen molar-refractivity contribution in [2.75, 3.05) is 16.4 Å². The van der Waals surface area contributed by atoms with Crippen molar-refractivity contribution in [1.82, 2.24) is 0 Å². The molecule has 0 aromatic heterocycles. The molecule has 5 nitrogen and oxygen atoms in total. The fourth-order valence-corrected chi connectivity index (χ4v) is 6.82. The molecule has 0 bridgehead atoms. The van der Waals surface area contributed by atoms with E-state index in [4.69, 9.17) is 11.6 Å². The van der Waals surface area contributed by atoms with Gasteiger partial charge < -0.3 is 4.90 Å². The molecule has 8 heteroatoms. The third-order valence-corrected chi connectivity index (χ3v) is 7.30. The summed E-state index contributed by atoms with van der Waals surface area (Å²) >= 11 is 7.44. The Kier molecular flexibility index (Phi) is 4.46. The molecule has 124 valence electrons. The summed E-state index contributed by atoms with van der Waals surface area (Å²) in [6, 6.07) is 6.98. The molecule has 0 spiro atoms. The highest BCUT2D eigenvalue weighted by molar-refractivity contribution is 8.16. The first kappa shape index (κ1) is 16.8. The summed E-state index contributed by atoms with van der Waals surface area (Å²) in [5, 5.41) is 1.03. The molecule has 2 fully saturated rings. The third-order valence-electron chi connectivity index (χ3n) is 3.85. The average molecular weight is 373 g/mol.